The van der Waals surface area contributed by atoms with Crippen LogP contribution in [0.5, 0.6) is 11.5 Å². The van der Waals surface area contributed by atoms with E-state index in [2.05, 4.69) is 5.32 Å². The Bertz CT molecular complexity index is 1590. The molecule has 0 aliphatic carbocycles. The number of rotatable bonds is 14. The molecule has 0 spiro atoms. The highest BCUT2D eigenvalue weighted by molar-refractivity contribution is 7.92. The number of halogens is 2. The zero-order valence-electron chi connectivity index (χ0n) is 25.7. The number of amides is 2. The summed E-state index contributed by atoms with van der Waals surface area (Å²) in [6.45, 7) is 5.41. The Morgan fingerprint density at radius 3 is 2.29 bits per heavy atom. The number of hydrogen-bond donors (Lipinski definition) is 1. The van der Waals surface area contributed by atoms with Gasteiger partial charge in [-0.1, -0.05) is 73.4 Å². The molecule has 2 amide bonds. The fraction of sp³-hybridized carbons (Fsp3) is 0.394. The molecule has 0 bridgehead atoms. The van der Waals surface area contributed by atoms with Crippen LogP contribution in [-0.4, -0.2) is 63.7 Å². The molecule has 0 fully saturated rings. The Balaban J connectivity index is 1.59. The normalized spacial score (nSPS) is 13.3. The number of carbonyl (C=O) groups excluding carboxylic acids is 2. The monoisotopic (exact) mass is 675 g/mol. The second-order valence-corrected chi connectivity index (χ2v) is 14.1. The van der Waals surface area contributed by atoms with E-state index in [-0.39, 0.29) is 43.7 Å². The van der Waals surface area contributed by atoms with Crippen molar-refractivity contribution >= 4 is 50.7 Å². The SMILES string of the molecule is CC(C)CNC(=O)C(Cc1ccccc1)N(Cc1ccc(Cl)c(Cl)c1)C(=O)CCCN(c1ccc2c(c1)OCCO2)S(C)(=O)=O. The number of carbonyl (C=O) groups is 2. The van der Waals surface area contributed by atoms with E-state index >= 15 is 0 Å². The first-order valence-corrected chi connectivity index (χ1v) is 17.4. The van der Waals surface area contributed by atoms with Gasteiger partial charge < -0.3 is 19.7 Å². The third kappa shape index (κ3) is 9.76. The minimum atomic E-state index is -3.69. The maximum Gasteiger partial charge on any atom is 0.243 e. The van der Waals surface area contributed by atoms with E-state index in [1.165, 1.54) is 4.31 Å². The van der Waals surface area contributed by atoms with Crippen molar-refractivity contribution in [2.75, 3.05) is 36.9 Å². The molecular formula is C33H39Cl2N3O6S. The van der Waals surface area contributed by atoms with E-state index in [1.807, 2.05) is 44.2 Å². The van der Waals surface area contributed by atoms with Crippen molar-refractivity contribution in [2.24, 2.45) is 5.92 Å². The summed E-state index contributed by atoms with van der Waals surface area (Å²) < 4.78 is 38.1. The van der Waals surface area contributed by atoms with Gasteiger partial charge in [0.2, 0.25) is 21.8 Å². The molecule has 4 rings (SSSR count). The molecule has 3 aromatic carbocycles. The molecule has 0 radical (unpaired) electrons. The number of nitrogens with one attached hydrogen (secondary N) is 1. The third-order valence-corrected chi connectivity index (χ3v) is 9.19. The van der Waals surface area contributed by atoms with Crippen molar-refractivity contribution in [3.05, 3.63) is 87.9 Å². The molecule has 1 unspecified atom stereocenters. The molecule has 242 valence electrons. The lowest BCUT2D eigenvalue weighted by Gasteiger charge is -2.32. The Hall–Kier alpha value is -3.47. The van der Waals surface area contributed by atoms with E-state index in [9.17, 15) is 18.0 Å². The van der Waals surface area contributed by atoms with Crippen LogP contribution in [-0.2, 0) is 32.6 Å². The van der Waals surface area contributed by atoms with Gasteiger partial charge in [-0.05, 0) is 47.7 Å². The predicted octanol–water partition coefficient (Wildman–Crippen LogP) is 5.72. The van der Waals surface area contributed by atoms with E-state index in [0.29, 0.717) is 59.0 Å². The van der Waals surface area contributed by atoms with Crippen LogP contribution in [0.1, 0.15) is 37.8 Å². The Morgan fingerprint density at radius 1 is 0.911 bits per heavy atom. The van der Waals surface area contributed by atoms with Gasteiger partial charge in [0.05, 0.1) is 22.0 Å². The summed E-state index contributed by atoms with van der Waals surface area (Å²) in [5, 5.41) is 3.72. The van der Waals surface area contributed by atoms with Crippen molar-refractivity contribution in [3.8, 4) is 11.5 Å². The fourth-order valence-electron chi connectivity index (χ4n) is 5.00. The first kappa shape index (κ1) is 34.4. The summed E-state index contributed by atoms with van der Waals surface area (Å²) in [6, 6.07) is 18.8. The van der Waals surface area contributed by atoms with Crippen LogP contribution in [0.4, 0.5) is 5.69 Å². The van der Waals surface area contributed by atoms with Gasteiger partial charge in [0, 0.05) is 38.5 Å². The molecule has 1 N–H and O–H groups in total. The highest BCUT2D eigenvalue weighted by atomic mass is 35.5. The summed E-state index contributed by atoms with van der Waals surface area (Å²) in [5.74, 6) is 0.666. The highest BCUT2D eigenvalue weighted by Gasteiger charge is 2.31. The molecule has 0 saturated carbocycles. The van der Waals surface area contributed by atoms with Gasteiger partial charge in [-0.25, -0.2) is 8.42 Å². The van der Waals surface area contributed by atoms with E-state index in [0.717, 1.165) is 11.8 Å². The molecule has 1 aliphatic rings. The number of nitrogens with zero attached hydrogens (tertiary/aromatic N) is 2. The van der Waals surface area contributed by atoms with Crippen molar-refractivity contribution in [3.63, 3.8) is 0 Å². The molecule has 1 aliphatic heterocycles. The minimum Gasteiger partial charge on any atom is -0.486 e. The maximum absolute atomic E-state index is 14.0. The Kier molecular flexibility index (Phi) is 12.0. The summed E-state index contributed by atoms with van der Waals surface area (Å²) in [7, 11) is -3.69. The van der Waals surface area contributed by atoms with Crippen molar-refractivity contribution in [1.82, 2.24) is 10.2 Å². The second-order valence-electron chi connectivity index (χ2n) is 11.4. The number of sulfonamides is 1. The van der Waals surface area contributed by atoms with E-state index < -0.39 is 16.1 Å². The lowest BCUT2D eigenvalue weighted by Crippen LogP contribution is -2.51. The zero-order valence-corrected chi connectivity index (χ0v) is 28.0. The van der Waals surface area contributed by atoms with Gasteiger partial charge in [-0.3, -0.25) is 13.9 Å². The van der Waals surface area contributed by atoms with Gasteiger partial charge >= 0.3 is 0 Å². The first-order chi connectivity index (χ1) is 21.4. The van der Waals surface area contributed by atoms with Crippen LogP contribution in [0, 0.1) is 5.92 Å². The molecule has 3 aromatic rings. The van der Waals surface area contributed by atoms with Crippen LogP contribution < -0.4 is 19.1 Å². The van der Waals surface area contributed by atoms with Crippen LogP contribution in [0.2, 0.25) is 10.0 Å². The number of hydrogen-bond acceptors (Lipinski definition) is 6. The summed E-state index contributed by atoms with van der Waals surface area (Å²) in [6.07, 6.45) is 1.63. The van der Waals surface area contributed by atoms with Crippen LogP contribution in [0.25, 0.3) is 0 Å². The number of ether oxygens (including phenoxy) is 2. The second kappa shape index (κ2) is 15.7. The van der Waals surface area contributed by atoms with Crippen molar-refractivity contribution in [1.29, 1.82) is 0 Å². The highest BCUT2D eigenvalue weighted by Crippen LogP contribution is 2.35. The molecular weight excluding hydrogens is 637 g/mol. The van der Waals surface area contributed by atoms with Crippen LogP contribution >= 0.6 is 23.2 Å². The molecule has 1 heterocycles. The number of fused-ring (bicyclic) bond motifs is 1. The summed E-state index contributed by atoms with van der Waals surface area (Å²) in [5.41, 5.74) is 2.02. The molecule has 9 nitrogen and oxygen atoms in total. The smallest absolute Gasteiger partial charge is 0.243 e. The number of anilines is 1. The van der Waals surface area contributed by atoms with Crippen LogP contribution in [0.15, 0.2) is 66.7 Å². The van der Waals surface area contributed by atoms with E-state index in [1.54, 1.807) is 41.3 Å². The standard InChI is InChI=1S/C33H39Cl2N3O6S/c1-23(2)21-36-33(40)29(19-24-8-5-4-6-9-24)37(22-25-11-13-27(34)28(35)18-25)32(39)10-7-15-38(45(3,41)42)26-12-14-30-31(20-26)44-17-16-43-30/h4-6,8-9,11-14,18,20,23,29H,7,10,15-17,19,21-22H2,1-3H3,(H,36,40). The first-order valence-electron chi connectivity index (χ1n) is 14.8. The predicted molar refractivity (Wildman–Crippen MR) is 178 cm³/mol. The van der Waals surface area contributed by atoms with Gasteiger partial charge in [0.15, 0.2) is 11.5 Å². The molecule has 1 atom stereocenters. The molecule has 12 heteroatoms. The average molecular weight is 677 g/mol. The third-order valence-electron chi connectivity index (χ3n) is 7.26. The quantitative estimate of drug-likeness (QED) is 0.234. The summed E-state index contributed by atoms with van der Waals surface area (Å²) in [4.78, 5) is 29.2. The van der Waals surface area contributed by atoms with Crippen molar-refractivity contribution < 1.29 is 27.5 Å². The molecule has 0 aromatic heterocycles. The van der Waals surface area contributed by atoms with Crippen molar-refractivity contribution in [2.45, 2.75) is 45.7 Å². The van der Waals surface area contributed by atoms with Gasteiger partial charge in [0.1, 0.15) is 19.3 Å². The maximum atomic E-state index is 14.0. The van der Waals surface area contributed by atoms with Gasteiger partial charge in [-0.2, -0.15) is 0 Å². The fourth-order valence-corrected chi connectivity index (χ4v) is 6.28. The molecule has 45 heavy (non-hydrogen) atoms. The Morgan fingerprint density at radius 2 is 1.62 bits per heavy atom. The largest absolute Gasteiger partial charge is 0.486 e. The lowest BCUT2D eigenvalue weighted by atomic mass is 10.0. The van der Waals surface area contributed by atoms with Gasteiger partial charge in [0.25, 0.3) is 0 Å². The molecule has 0 saturated heterocycles. The van der Waals surface area contributed by atoms with Crippen LogP contribution in [0.3, 0.4) is 0 Å². The van der Waals surface area contributed by atoms with Gasteiger partial charge in [-0.15, -0.1) is 0 Å². The topological polar surface area (TPSA) is 105 Å². The lowest BCUT2D eigenvalue weighted by molar-refractivity contribution is -0.141. The Labute approximate surface area is 275 Å². The zero-order chi connectivity index (χ0) is 32.6. The summed E-state index contributed by atoms with van der Waals surface area (Å²) >= 11 is 12.5. The average Bonchev–Trinajstić information content (AvgIpc) is 3.01. The number of benzene rings is 3. The van der Waals surface area contributed by atoms with E-state index in [4.69, 9.17) is 32.7 Å². The minimum absolute atomic E-state index is 0.000639.